The lowest BCUT2D eigenvalue weighted by Crippen LogP contribution is -2.37. The number of benzene rings is 1. The molecule has 0 fully saturated rings. The Balaban J connectivity index is 1.92. The fraction of sp³-hybridized carbons (Fsp3) is 0.250. The lowest BCUT2D eigenvalue weighted by atomic mass is 10.1. The summed E-state index contributed by atoms with van der Waals surface area (Å²) in [5, 5.41) is 13.3. The van der Waals surface area contributed by atoms with E-state index in [0.29, 0.717) is 6.54 Å². The molecule has 0 saturated carbocycles. The molecule has 17 heavy (non-hydrogen) atoms. The Morgan fingerprint density at radius 2 is 2.29 bits per heavy atom. The quantitative estimate of drug-likeness (QED) is 0.590. The average Bonchev–Trinajstić information content (AvgIpc) is 2.75. The van der Waals surface area contributed by atoms with Gasteiger partial charge in [0.1, 0.15) is 6.10 Å². The van der Waals surface area contributed by atoms with E-state index in [0.717, 1.165) is 16.5 Å². The van der Waals surface area contributed by atoms with Gasteiger partial charge in [0.25, 0.3) is 0 Å². The number of nitrogens with two attached hydrogens (primary N) is 1. The first-order valence-corrected chi connectivity index (χ1v) is 5.41. The van der Waals surface area contributed by atoms with Crippen LogP contribution in [0, 0.1) is 0 Å². The summed E-state index contributed by atoms with van der Waals surface area (Å²) in [6.07, 6.45) is 0.753. The van der Waals surface area contributed by atoms with Crippen LogP contribution in [0.1, 0.15) is 5.56 Å². The van der Waals surface area contributed by atoms with Gasteiger partial charge in [-0.1, -0.05) is 12.1 Å². The minimum absolute atomic E-state index is 0.165. The second-order valence-corrected chi connectivity index (χ2v) is 3.95. The van der Waals surface area contributed by atoms with E-state index in [1.807, 2.05) is 30.5 Å². The summed E-state index contributed by atoms with van der Waals surface area (Å²) in [5.74, 6) is -0.711. The smallest absolute Gasteiger partial charge is 0.247 e. The van der Waals surface area contributed by atoms with Gasteiger partial charge in [-0.3, -0.25) is 4.79 Å². The van der Waals surface area contributed by atoms with E-state index in [1.165, 1.54) is 0 Å². The molecule has 1 unspecified atom stereocenters. The second-order valence-electron chi connectivity index (χ2n) is 3.95. The minimum atomic E-state index is -1.13. The molecule has 5 nitrogen and oxygen atoms in total. The summed E-state index contributed by atoms with van der Waals surface area (Å²) >= 11 is 0. The Hall–Kier alpha value is -1.85. The number of primary amides is 1. The van der Waals surface area contributed by atoms with Crippen LogP contribution in [0.25, 0.3) is 10.9 Å². The number of aliphatic hydroxyl groups is 1. The van der Waals surface area contributed by atoms with Crippen molar-refractivity contribution in [3.8, 4) is 0 Å². The van der Waals surface area contributed by atoms with Crippen LogP contribution < -0.4 is 11.1 Å². The first kappa shape index (κ1) is 11.6. The largest absolute Gasteiger partial charge is 0.382 e. The van der Waals surface area contributed by atoms with Crippen molar-refractivity contribution < 1.29 is 9.90 Å². The molecule has 1 heterocycles. The van der Waals surface area contributed by atoms with Crippen LogP contribution in [0.3, 0.4) is 0 Å². The number of aromatic nitrogens is 1. The minimum Gasteiger partial charge on any atom is -0.382 e. The second kappa shape index (κ2) is 4.99. The number of hydrogen-bond acceptors (Lipinski definition) is 3. The average molecular weight is 233 g/mol. The molecule has 0 saturated heterocycles. The molecule has 1 amide bonds. The number of hydrogen-bond donors (Lipinski definition) is 4. The van der Waals surface area contributed by atoms with E-state index in [2.05, 4.69) is 10.3 Å². The highest BCUT2D eigenvalue weighted by Gasteiger charge is 2.09. The zero-order valence-corrected chi connectivity index (χ0v) is 9.31. The summed E-state index contributed by atoms with van der Waals surface area (Å²) in [6.45, 7) is 0.747. The number of amides is 1. The number of aliphatic hydroxyl groups excluding tert-OH is 1. The Kier molecular flexibility index (Phi) is 3.41. The van der Waals surface area contributed by atoms with E-state index in [9.17, 15) is 9.90 Å². The molecule has 0 bridgehead atoms. The van der Waals surface area contributed by atoms with Gasteiger partial charge in [0.15, 0.2) is 0 Å². The van der Waals surface area contributed by atoms with Gasteiger partial charge in [-0.05, 0) is 23.1 Å². The van der Waals surface area contributed by atoms with Gasteiger partial charge in [-0.25, -0.2) is 0 Å². The Labute approximate surface area is 98.6 Å². The van der Waals surface area contributed by atoms with Crippen molar-refractivity contribution in [3.05, 3.63) is 36.0 Å². The number of carbonyl (C=O) groups is 1. The first-order chi connectivity index (χ1) is 8.16. The third-order valence-corrected chi connectivity index (χ3v) is 2.61. The highest BCUT2D eigenvalue weighted by molar-refractivity contribution is 5.80. The van der Waals surface area contributed by atoms with Crippen LogP contribution >= 0.6 is 0 Å². The molecule has 90 valence electrons. The molecule has 0 aliphatic heterocycles. The number of H-pyrrole nitrogens is 1. The third kappa shape index (κ3) is 2.83. The molecule has 1 atom stereocenters. The molecule has 0 radical (unpaired) electrons. The maximum Gasteiger partial charge on any atom is 0.247 e. The van der Waals surface area contributed by atoms with Crippen LogP contribution in [0.5, 0.6) is 0 Å². The van der Waals surface area contributed by atoms with Gasteiger partial charge in [0.05, 0.1) is 0 Å². The van der Waals surface area contributed by atoms with E-state index in [-0.39, 0.29) is 6.54 Å². The van der Waals surface area contributed by atoms with Crippen molar-refractivity contribution in [2.24, 2.45) is 5.73 Å². The molecule has 0 aliphatic rings. The summed E-state index contributed by atoms with van der Waals surface area (Å²) in [7, 11) is 0. The molecule has 5 heteroatoms. The topological polar surface area (TPSA) is 91.1 Å². The van der Waals surface area contributed by atoms with Crippen molar-refractivity contribution in [2.75, 3.05) is 6.54 Å². The molecular formula is C12H15N3O2. The van der Waals surface area contributed by atoms with Gasteiger partial charge < -0.3 is 21.1 Å². The van der Waals surface area contributed by atoms with Gasteiger partial charge in [0, 0.05) is 24.8 Å². The molecule has 0 spiro atoms. The van der Waals surface area contributed by atoms with Crippen molar-refractivity contribution in [1.82, 2.24) is 10.3 Å². The lowest BCUT2D eigenvalue weighted by molar-refractivity contribution is -0.125. The van der Waals surface area contributed by atoms with Crippen molar-refractivity contribution in [2.45, 2.75) is 12.6 Å². The molecular weight excluding hydrogens is 218 g/mol. The monoisotopic (exact) mass is 233 g/mol. The molecule has 2 rings (SSSR count). The summed E-state index contributed by atoms with van der Waals surface area (Å²) in [6, 6.07) is 8.05. The summed E-state index contributed by atoms with van der Waals surface area (Å²) in [5.41, 5.74) is 7.09. The van der Waals surface area contributed by atoms with Crippen LogP contribution in [0.2, 0.25) is 0 Å². The normalized spacial score (nSPS) is 12.8. The highest BCUT2D eigenvalue weighted by atomic mass is 16.3. The zero-order chi connectivity index (χ0) is 12.3. The van der Waals surface area contributed by atoms with E-state index < -0.39 is 12.0 Å². The standard InChI is InChI=1S/C12H15N3O2/c13-12(17)11(16)7-14-6-8-1-2-9-3-4-15-10(9)5-8/h1-5,11,14-16H,6-7H2,(H2,13,17). The van der Waals surface area contributed by atoms with Gasteiger partial charge >= 0.3 is 0 Å². The van der Waals surface area contributed by atoms with Gasteiger partial charge in [0.2, 0.25) is 5.91 Å². The van der Waals surface area contributed by atoms with Crippen molar-refractivity contribution >= 4 is 16.8 Å². The van der Waals surface area contributed by atoms with Crippen molar-refractivity contribution in [3.63, 3.8) is 0 Å². The Bertz CT molecular complexity index is 521. The SMILES string of the molecule is NC(=O)C(O)CNCc1ccc2cc[nH]c2c1. The number of carbonyl (C=O) groups excluding carboxylic acids is 1. The Morgan fingerprint density at radius 1 is 1.47 bits per heavy atom. The van der Waals surface area contributed by atoms with Crippen molar-refractivity contribution in [1.29, 1.82) is 0 Å². The fourth-order valence-electron chi connectivity index (χ4n) is 1.66. The molecule has 0 aliphatic carbocycles. The van der Waals surface area contributed by atoms with Gasteiger partial charge in [-0.2, -0.15) is 0 Å². The fourth-order valence-corrected chi connectivity index (χ4v) is 1.66. The summed E-state index contributed by atoms with van der Waals surface area (Å²) < 4.78 is 0. The van der Waals surface area contributed by atoms with Gasteiger partial charge in [-0.15, -0.1) is 0 Å². The van der Waals surface area contributed by atoms with E-state index >= 15 is 0 Å². The number of fused-ring (bicyclic) bond motifs is 1. The van der Waals surface area contributed by atoms with Crippen LogP contribution in [-0.4, -0.2) is 28.6 Å². The molecule has 1 aromatic heterocycles. The third-order valence-electron chi connectivity index (χ3n) is 2.61. The zero-order valence-electron chi connectivity index (χ0n) is 9.31. The molecule has 2 aromatic rings. The maximum absolute atomic E-state index is 10.6. The first-order valence-electron chi connectivity index (χ1n) is 5.41. The van der Waals surface area contributed by atoms with Crippen LogP contribution in [0.15, 0.2) is 30.5 Å². The van der Waals surface area contributed by atoms with Crippen LogP contribution in [0.4, 0.5) is 0 Å². The summed E-state index contributed by atoms with van der Waals surface area (Å²) in [4.78, 5) is 13.7. The number of aromatic amines is 1. The van der Waals surface area contributed by atoms with Crippen LogP contribution in [-0.2, 0) is 11.3 Å². The number of rotatable bonds is 5. The molecule has 5 N–H and O–H groups in total. The predicted molar refractivity (Wildman–Crippen MR) is 65.2 cm³/mol. The predicted octanol–water partition coefficient (Wildman–Crippen LogP) is 0.104. The Morgan fingerprint density at radius 3 is 3.06 bits per heavy atom. The lowest BCUT2D eigenvalue weighted by Gasteiger charge is -2.08. The number of nitrogens with one attached hydrogen (secondary N) is 2. The maximum atomic E-state index is 10.6. The van der Waals surface area contributed by atoms with E-state index in [4.69, 9.17) is 5.73 Å². The van der Waals surface area contributed by atoms with E-state index in [1.54, 1.807) is 0 Å². The highest BCUT2D eigenvalue weighted by Crippen LogP contribution is 2.13. The molecule has 1 aromatic carbocycles.